The molecular weight excluding hydrogens is 382 g/mol. The monoisotopic (exact) mass is 417 g/mol. The van der Waals surface area contributed by atoms with Crippen LogP contribution in [0, 0.1) is 34.0 Å². The number of carboxylic acid groups (broad SMARTS) is 2. The van der Waals surface area contributed by atoms with E-state index in [9.17, 15) is 24.6 Å². The third kappa shape index (κ3) is 2.64. The highest BCUT2D eigenvalue weighted by Gasteiger charge is 2.66. The summed E-state index contributed by atoms with van der Waals surface area (Å²) in [6.07, 6.45) is 6.93. The fraction of sp³-hybridized carbons (Fsp3) is 0.792. The van der Waals surface area contributed by atoms with Crippen LogP contribution in [0.15, 0.2) is 11.8 Å². The maximum Gasteiger partial charge on any atom is 0.329 e. The molecule has 0 aromatic heterocycles. The number of nitrogens with zero attached hydrogens (tertiary/aromatic N) is 1. The average molecular weight is 418 g/mol. The summed E-state index contributed by atoms with van der Waals surface area (Å²) in [4.78, 5) is 39.6. The number of aliphatic carboxylic acids is 2. The van der Waals surface area contributed by atoms with Gasteiger partial charge >= 0.3 is 11.9 Å². The van der Waals surface area contributed by atoms with Gasteiger partial charge in [-0.15, -0.1) is 0 Å². The van der Waals surface area contributed by atoms with Gasteiger partial charge in [-0.2, -0.15) is 0 Å². The maximum atomic E-state index is 13.0. The Hall–Kier alpha value is -1.85. The van der Waals surface area contributed by atoms with Gasteiger partial charge in [0.05, 0.1) is 0 Å². The summed E-state index contributed by atoms with van der Waals surface area (Å²) in [7, 11) is 0. The molecule has 0 unspecified atom stereocenters. The zero-order chi connectivity index (χ0) is 22.3. The van der Waals surface area contributed by atoms with Crippen molar-refractivity contribution in [1.29, 1.82) is 0 Å². The number of allylic oxidation sites excluding steroid dienone is 2. The lowest BCUT2D eigenvalue weighted by molar-refractivity contribution is -0.175. The van der Waals surface area contributed by atoms with E-state index in [1.165, 1.54) is 25.3 Å². The number of carbonyl (C=O) groups excluding carboxylic acids is 1. The van der Waals surface area contributed by atoms with Crippen molar-refractivity contribution in [2.24, 2.45) is 34.0 Å². The van der Waals surface area contributed by atoms with E-state index < -0.39 is 28.6 Å². The molecule has 4 rings (SSSR count). The molecule has 3 fully saturated rings. The van der Waals surface area contributed by atoms with E-state index in [4.69, 9.17) is 0 Å². The molecule has 2 saturated carbocycles. The van der Waals surface area contributed by atoms with E-state index in [0.29, 0.717) is 17.3 Å². The molecule has 0 aromatic rings. The SMILES string of the molecule is CC(C)(C)N1C[C@H]2[C@@H]3CCC[C@@]3(C)CC[C@@H]2[C@@]2(C)CC(C(=O)O)(C(=O)O)C(=O)C=C12. The Kier molecular flexibility index (Phi) is 4.51. The molecule has 1 saturated heterocycles. The molecule has 1 heterocycles. The second-order valence-corrected chi connectivity index (χ2v) is 11.7. The first kappa shape index (κ1) is 21.4. The van der Waals surface area contributed by atoms with Crippen LogP contribution < -0.4 is 0 Å². The Morgan fingerprint density at radius 2 is 1.70 bits per heavy atom. The first-order valence-corrected chi connectivity index (χ1v) is 11.3. The van der Waals surface area contributed by atoms with Gasteiger partial charge in [0.2, 0.25) is 5.41 Å². The molecule has 0 radical (unpaired) electrons. The Bertz CT molecular complexity index is 825. The molecule has 166 valence electrons. The van der Waals surface area contributed by atoms with Gasteiger partial charge in [0.25, 0.3) is 0 Å². The third-order valence-corrected chi connectivity index (χ3v) is 9.17. The molecule has 3 aliphatic carbocycles. The highest BCUT2D eigenvalue weighted by Crippen LogP contribution is 2.66. The first-order valence-electron chi connectivity index (χ1n) is 11.3. The van der Waals surface area contributed by atoms with Crippen LogP contribution in [-0.2, 0) is 14.4 Å². The van der Waals surface area contributed by atoms with E-state index in [-0.39, 0.29) is 17.9 Å². The third-order valence-electron chi connectivity index (χ3n) is 9.17. The summed E-state index contributed by atoms with van der Waals surface area (Å²) in [5.74, 6) is -2.72. The molecule has 6 nitrogen and oxygen atoms in total. The molecule has 1 aliphatic heterocycles. The highest BCUT2D eigenvalue weighted by molar-refractivity contribution is 6.23. The molecule has 30 heavy (non-hydrogen) atoms. The van der Waals surface area contributed by atoms with Gasteiger partial charge in [-0.25, -0.2) is 0 Å². The Balaban J connectivity index is 1.89. The van der Waals surface area contributed by atoms with Crippen molar-refractivity contribution in [1.82, 2.24) is 4.90 Å². The molecular formula is C24H35NO5. The van der Waals surface area contributed by atoms with Gasteiger partial charge in [-0.1, -0.05) is 20.3 Å². The molecule has 6 heteroatoms. The van der Waals surface area contributed by atoms with Crippen LogP contribution in [0.25, 0.3) is 0 Å². The number of carbonyl (C=O) groups is 3. The Morgan fingerprint density at radius 3 is 2.27 bits per heavy atom. The van der Waals surface area contributed by atoms with E-state index in [2.05, 4.69) is 32.6 Å². The second kappa shape index (κ2) is 6.33. The van der Waals surface area contributed by atoms with Crippen LogP contribution in [0.3, 0.4) is 0 Å². The zero-order valence-corrected chi connectivity index (χ0v) is 18.8. The Labute approximate surface area is 178 Å². The first-order chi connectivity index (χ1) is 13.8. The maximum absolute atomic E-state index is 13.0. The molecule has 0 amide bonds. The van der Waals surface area contributed by atoms with Crippen molar-refractivity contribution in [3.63, 3.8) is 0 Å². The lowest BCUT2D eigenvalue weighted by Gasteiger charge is -2.63. The van der Waals surface area contributed by atoms with Crippen molar-refractivity contribution in [2.75, 3.05) is 6.54 Å². The molecule has 4 aliphatic rings. The molecule has 0 aromatic carbocycles. The van der Waals surface area contributed by atoms with E-state index in [0.717, 1.165) is 25.1 Å². The Morgan fingerprint density at radius 1 is 1.07 bits per heavy atom. The van der Waals surface area contributed by atoms with Crippen LogP contribution in [0.1, 0.15) is 73.1 Å². The minimum atomic E-state index is -2.39. The fourth-order valence-electron chi connectivity index (χ4n) is 7.57. The number of carboxylic acids is 2. The smallest absolute Gasteiger partial charge is 0.329 e. The summed E-state index contributed by atoms with van der Waals surface area (Å²) in [5.41, 5.74) is -2.10. The number of likely N-dealkylation sites (tertiary alicyclic amines) is 1. The highest BCUT2D eigenvalue weighted by atomic mass is 16.4. The normalized spacial score (nSPS) is 40.2. The largest absolute Gasteiger partial charge is 0.480 e. The van der Waals surface area contributed by atoms with Crippen LogP contribution in [0.5, 0.6) is 0 Å². The number of rotatable bonds is 2. The predicted molar refractivity (Wildman–Crippen MR) is 112 cm³/mol. The van der Waals surface area contributed by atoms with Crippen molar-refractivity contribution in [3.8, 4) is 0 Å². The molecule has 0 bridgehead atoms. The lowest BCUT2D eigenvalue weighted by Crippen LogP contribution is -2.64. The summed E-state index contributed by atoms with van der Waals surface area (Å²) in [5, 5.41) is 19.8. The molecule has 5 atom stereocenters. The van der Waals surface area contributed by atoms with Crippen LogP contribution in [-0.4, -0.2) is 44.9 Å². The molecule has 2 N–H and O–H groups in total. The lowest BCUT2D eigenvalue weighted by atomic mass is 9.48. The summed E-state index contributed by atoms with van der Waals surface area (Å²) in [6.45, 7) is 11.6. The minimum Gasteiger partial charge on any atom is -0.480 e. The van der Waals surface area contributed by atoms with E-state index in [1.807, 2.05) is 6.92 Å². The summed E-state index contributed by atoms with van der Waals surface area (Å²) >= 11 is 0. The van der Waals surface area contributed by atoms with E-state index >= 15 is 0 Å². The van der Waals surface area contributed by atoms with Crippen LogP contribution >= 0.6 is 0 Å². The number of hydrogen-bond donors (Lipinski definition) is 2. The predicted octanol–water partition coefficient (Wildman–Crippen LogP) is 3.95. The molecule has 0 spiro atoms. The van der Waals surface area contributed by atoms with Gasteiger partial charge in [-0.05, 0) is 76.0 Å². The van der Waals surface area contributed by atoms with Crippen LogP contribution in [0.4, 0.5) is 0 Å². The topological polar surface area (TPSA) is 94.9 Å². The van der Waals surface area contributed by atoms with Gasteiger partial charge in [0.15, 0.2) is 5.78 Å². The van der Waals surface area contributed by atoms with Crippen molar-refractivity contribution in [3.05, 3.63) is 11.8 Å². The summed E-state index contributed by atoms with van der Waals surface area (Å²) < 4.78 is 0. The quantitative estimate of drug-likeness (QED) is 0.661. The second-order valence-electron chi connectivity index (χ2n) is 11.7. The van der Waals surface area contributed by atoms with Gasteiger partial charge in [0.1, 0.15) is 0 Å². The number of piperidine rings is 1. The fourth-order valence-corrected chi connectivity index (χ4v) is 7.57. The van der Waals surface area contributed by atoms with Gasteiger partial charge in [-0.3, -0.25) is 14.4 Å². The number of hydrogen-bond acceptors (Lipinski definition) is 4. The van der Waals surface area contributed by atoms with Crippen molar-refractivity contribution < 1.29 is 24.6 Å². The average Bonchev–Trinajstić information content (AvgIpc) is 3.01. The number of fused-ring (bicyclic) bond motifs is 5. The zero-order valence-electron chi connectivity index (χ0n) is 18.8. The van der Waals surface area contributed by atoms with Gasteiger partial charge < -0.3 is 15.1 Å². The van der Waals surface area contributed by atoms with E-state index in [1.54, 1.807) is 0 Å². The van der Waals surface area contributed by atoms with Crippen molar-refractivity contribution in [2.45, 2.75) is 78.7 Å². The minimum absolute atomic E-state index is 0.160. The van der Waals surface area contributed by atoms with Gasteiger partial charge in [0, 0.05) is 29.3 Å². The van der Waals surface area contributed by atoms with Crippen LogP contribution in [0.2, 0.25) is 0 Å². The summed E-state index contributed by atoms with van der Waals surface area (Å²) in [6, 6.07) is 0. The van der Waals surface area contributed by atoms with Crippen molar-refractivity contribution >= 4 is 17.7 Å². The number of ketones is 1. The standard InChI is InChI=1S/C24H35NO5/c1-21(2,3)25-12-14-15-7-6-9-22(15,4)10-8-16(14)23(5)13-24(19(27)28,20(29)30)18(26)11-17(23)25/h11,14-16H,6-10,12-13H2,1-5H3,(H,27,28)(H,29,30)/t14-,15-,16-,22-,23+/m0/s1.